The molecule has 2 atom stereocenters. The van der Waals surface area contributed by atoms with Gasteiger partial charge in [-0.25, -0.2) is 5.48 Å². The van der Waals surface area contributed by atoms with Crippen molar-refractivity contribution < 1.29 is 14.4 Å². The van der Waals surface area contributed by atoms with Gasteiger partial charge in [-0.2, -0.15) is 0 Å². The molecule has 1 amide bonds. The molecule has 6 heteroatoms. The molecule has 2 unspecified atom stereocenters. The number of hydroxylamine groups is 1. The van der Waals surface area contributed by atoms with Gasteiger partial charge in [0.25, 0.3) is 5.91 Å². The largest absolute Gasteiger partial charge is 0.472 e. The molecule has 6 nitrogen and oxygen atoms in total. The number of hydrogen-bond donors (Lipinski definition) is 2. The van der Waals surface area contributed by atoms with Gasteiger partial charge in [-0.15, -0.1) is 0 Å². The molecule has 0 saturated carbocycles. The topological polar surface area (TPSA) is 69.0 Å². The lowest BCUT2D eigenvalue weighted by molar-refractivity contribution is 0.0291. The standard InChI is InChI=1S/C25H29N3O3/c1-18-13-27(16-22-5-3-4-6-24(22)23-11-12-31-17-23)14-19(2)28(18)15-20-7-9-21(10-8-20)25(29)26-30/h3-12,17-19,30H,13-16H2,1-2H3,(H,26,29). The van der Waals surface area contributed by atoms with Gasteiger partial charge in [0.2, 0.25) is 0 Å². The molecule has 1 aliphatic rings. The van der Waals surface area contributed by atoms with E-state index in [2.05, 4.69) is 47.9 Å². The third-order valence-corrected chi connectivity index (χ3v) is 6.10. The van der Waals surface area contributed by atoms with Crippen LogP contribution in [0, 0.1) is 0 Å². The fourth-order valence-corrected chi connectivity index (χ4v) is 4.54. The molecule has 1 fully saturated rings. The second-order valence-electron chi connectivity index (χ2n) is 8.37. The average molecular weight is 420 g/mol. The van der Waals surface area contributed by atoms with Crippen LogP contribution in [-0.4, -0.2) is 46.1 Å². The van der Waals surface area contributed by atoms with Crippen molar-refractivity contribution in [2.75, 3.05) is 13.1 Å². The summed E-state index contributed by atoms with van der Waals surface area (Å²) in [4.78, 5) is 16.6. The van der Waals surface area contributed by atoms with Gasteiger partial charge in [-0.3, -0.25) is 19.8 Å². The van der Waals surface area contributed by atoms with Gasteiger partial charge >= 0.3 is 0 Å². The van der Waals surface area contributed by atoms with Gasteiger partial charge in [0.1, 0.15) is 0 Å². The zero-order chi connectivity index (χ0) is 21.8. The predicted octanol–water partition coefficient (Wildman–Crippen LogP) is 4.16. The Hall–Kier alpha value is -2.93. The van der Waals surface area contributed by atoms with Crippen molar-refractivity contribution in [3.05, 3.63) is 83.8 Å². The molecular formula is C25H29N3O3. The minimum absolute atomic E-state index is 0.408. The van der Waals surface area contributed by atoms with E-state index in [9.17, 15) is 4.79 Å². The fraction of sp³-hybridized carbons (Fsp3) is 0.320. The fourth-order valence-electron chi connectivity index (χ4n) is 4.54. The van der Waals surface area contributed by atoms with Gasteiger partial charge < -0.3 is 4.42 Å². The maximum atomic E-state index is 11.5. The molecule has 0 spiro atoms. The van der Waals surface area contributed by atoms with E-state index in [1.54, 1.807) is 30.1 Å². The van der Waals surface area contributed by atoms with Crippen molar-refractivity contribution >= 4 is 5.91 Å². The van der Waals surface area contributed by atoms with Crippen molar-refractivity contribution in [2.45, 2.75) is 39.0 Å². The maximum absolute atomic E-state index is 11.5. The van der Waals surface area contributed by atoms with Gasteiger partial charge in [0.15, 0.2) is 0 Å². The number of piperazine rings is 1. The van der Waals surface area contributed by atoms with Gasteiger partial charge in [0, 0.05) is 49.4 Å². The number of benzene rings is 2. The van der Waals surface area contributed by atoms with Crippen LogP contribution < -0.4 is 5.48 Å². The Morgan fingerprint density at radius 2 is 1.74 bits per heavy atom. The third kappa shape index (κ3) is 4.88. The molecule has 0 radical (unpaired) electrons. The molecule has 4 rings (SSSR count). The van der Waals surface area contributed by atoms with Gasteiger partial charge in [0.05, 0.1) is 12.5 Å². The summed E-state index contributed by atoms with van der Waals surface area (Å²) in [5.74, 6) is -0.488. The quantitative estimate of drug-likeness (QED) is 0.464. The first-order valence-corrected chi connectivity index (χ1v) is 10.7. The van der Waals surface area contributed by atoms with Crippen LogP contribution in [0.1, 0.15) is 35.3 Å². The van der Waals surface area contributed by atoms with E-state index in [1.165, 1.54) is 11.1 Å². The second kappa shape index (κ2) is 9.47. The van der Waals surface area contributed by atoms with Crippen LogP contribution in [0.2, 0.25) is 0 Å². The number of rotatable bonds is 6. The number of hydrogen-bond acceptors (Lipinski definition) is 5. The summed E-state index contributed by atoms with van der Waals surface area (Å²) in [6.07, 6.45) is 3.52. The minimum Gasteiger partial charge on any atom is -0.472 e. The Labute approximate surface area is 183 Å². The van der Waals surface area contributed by atoms with Crippen LogP contribution in [0.15, 0.2) is 71.5 Å². The predicted molar refractivity (Wildman–Crippen MR) is 120 cm³/mol. The molecule has 1 aromatic heterocycles. The number of nitrogens with zero attached hydrogens (tertiary/aromatic N) is 2. The van der Waals surface area contributed by atoms with Crippen molar-refractivity contribution in [3.63, 3.8) is 0 Å². The average Bonchev–Trinajstić information content (AvgIpc) is 3.31. The second-order valence-corrected chi connectivity index (χ2v) is 8.37. The molecule has 0 bridgehead atoms. The Morgan fingerprint density at radius 1 is 1.03 bits per heavy atom. The van der Waals surface area contributed by atoms with Crippen molar-refractivity contribution in [2.24, 2.45) is 0 Å². The highest BCUT2D eigenvalue weighted by atomic mass is 16.5. The molecule has 31 heavy (non-hydrogen) atoms. The highest BCUT2D eigenvalue weighted by molar-refractivity contribution is 5.93. The molecule has 2 heterocycles. The van der Waals surface area contributed by atoms with E-state index >= 15 is 0 Å². The molecule has 1 aliphatic heterocycles. The van der Waals surface area contributed by atoms with E-state index in [-0.39, 0.29) is 0 Å². The van der Waals surface area contributed by atoms with Gasteiger partial charge in [-0.1, -0.05) is 36.4 Å². The lowest BCUT2D eigenvalue weighted by Crippen LogP contribution is -2.55. The lowest BCUT2D eigenvalue weighted by atomic mass is 10.00. The first-order chi connectivity index (χ1) is 15.0. The normalized spacial score (nSPS) is 20.0. The maximum Gasteiger partial charge on any atom is 0.274 e. The molecule has 2 N–H and O–H groups in total. The van der Waals surface area contributed by atoms with E-state index < -0.39 is 5.91 Å². The summed E-state index contributed by atoms with van der Waals surface area (Å²) < 4.78 is 5.29. The van der Waals surface area contributed by atoms with E-state index in [0.717, 1.165) is 37.3 Å². The first-order valence-electron chi connectivity index (χ1n) is 10.7. The molecule has 162 valence electrons. The monoisotopic (exact) mass is 419 g/mol. The molecule has 3 aromatic rings. The summed E-state index contributed by atoms with van der Waals surface area (Å²) in [5.41, 5.74) is 6.95. The summed E-state index contributed by atoms with van der Waals surface area (Å²) in [7, 11) is 0. The smallest absolute Gasteiger partial charge is 0.274 e. The number of amides is 1. The van der Waals surface area contributed by atoms with E-state index in [1.807, 2.05) is 18.2 Å². The number of carbonyl (C=O) groups is 1. The summed E-state index contributed by atoms with van der Waals surface area (Å²) in [5, 5.41) is 8.77. The molecular weight excluding hydrogens is 390 g/mol. The van der Waals surface area contributed by atoms with Crippen molar-refractivity contribution in [3.8, 4) is 11.1 Å². The van der Waals surface area contributed by atoms with Crippen LogP contribution in [0.4, 0.5) is 0 Å². The number of nitrogens with one attached hydrogen (secondary N) is 1. The van der Waals surface area contributed by atoms with Crippen molar-refractivity contribution in [1.29, 1.82) is 0 Å². The van der Waals surface area contributed by atoms with E-state index in [0.29, 0.717) is 17.6 Å². The summed E-state index contributed by atoms with van der Waals surface area (Å²) in [6.45, 7) is 8.29. The van der Waals surface area contributed by atoms with Crippen LogP contribution in [0.5, 0.6) is 0 Å². The minimum atomic E-state index is -0.488. The lowest BCUT2D eigenvalue weighted by Gasteiger charge is -2.44. The SMILES string of the molecule is CC1CN(Cc2ccccc2-c2ccoc2)CC(C)N1Cc1ccc(C(=O)NO)cc1. The van der Waals surface area contributed by atoms with Crippen LogP contribution in [0.3, 0.4) is 0 Å². The first kappa shape index (κ1) is 21.3. The number of furan rings is 1. The highest BCUT2D eigenvalue weighted by Gasteiger charge is 2.29. The molecule has 2 aromatic carbocycles. The van der Waals surface area contributed by atoms with Crippen LogP contribution >= 0.6 is 0 Å². The summed E-state index contributed by atoms with van der Waals surface area (Å²) >= 11 is 0. The zero-order valence-electron chi connectivity index (χ0n) is 18.0. The van der Waals surface area contributed by atoms with Gasteiger partial charge in [-0.05, 0) is 48.7 Å². The Balaban J connectivity index is 1.41. The zero-order valence-corrected chi connectivity index (χ0v) is 18.0. The Bertz CT molecular complexity index is 989. The highest BCUT2D eigenvalue weighted by Crippen LogP contribution is 2.27. The summed E-state index contributed by atoms with van der Waals surface area (Å²) in [6, 6.07) is 18.8. The Kier molecular flexibility index (Phi) is 6.51. The third-order valence-electron chi connectivity index (χ3n) is 6.10. The Morgan fingerprint density at radius 3 is 2.39 bits per heavy atom. The van der Waals surface area contributed by atoms with Crippen LogP contribution in [-0.2, 0) is 13.1 Å². The molecule has 0 aliphatic carbocycles. The van der Waals surface area contributed by atoms with E-state index in [4.69, 9.17) is 9.62 Å². The number of carbonyl (C=O) groups excluding carboxylic acids is 1. The van der Waals surface area contributed by atoms with Crippen molar-refractivity contribution in [1.82, 2.24) is 15.3 Å². The molecule has 1 saturated heterocycles. The van der Waals surface area contributed by atoms with Crippen LogP contribution in [0.25, 0.3) is 11.1 Å².